The molecule has 0 amide bonds. The Hall–Kier alpha value is -1.95. The second-order valence-electron chi connectivity index (χ2n) is 3.39. The van der Waals surface area contributed by atoms with Crippen LogP contribution in [0.4, 0.5) is 0 Å². The van der Waals surface area contributed by atoms with Gasteiger partial charge in [-0.2, -0.15) is 0 Å². The lowest BCUT2D eigenvalue weighted by atomic mass is 10.2. The maximum absolute atomic E-state index is 10.8. The van der Waals surface area contributed by atoms with Gasteiger partial charge in [0.1, 0.15) is 0 Å². The van der Waals surface area contributed by atoms with Crippen LogP contribution in [0.2, 0.25) is 5.02 Å². The van der Waals surface area contributed by atoms with Gasteiger partial charge in [-0.1, -0.05) is 11.6 Å². The van der Waals surface area contributed by atoms with Crippen molar-refractivity contribution >= 4 is 23.5 Å². The Kier molecular flexibility index (Phi) is 4.38. The van der Waals surface area contributed by atoms with Crippen LogP contribution >= 0.6 is 11.6 Å². The maximum Gasteiger partial charge on any atom is 0.344 e. The highest BCUT2D eigenvalue weighted by atomic mass is 35.5. The van der Waals surface area contributed by atoms with Gasteiger partial charge in [0.2, 0.25) is 0 Å². The molecule has 7 heteroatoms. The summed E-state index contributed by atoms with van der Waals surface area (Å²) < 4.78 is 10.0. The SMILES string of the molecule is COc1cc(C(=O)O)cc(Cl)c1OC(C)C(=O)O. The Bertz CT molecular complexity index is 485. The number of carbonyl (C=O) groups is 2. The number of aliphatic carboxylic acids is 1. The normalized spacial score (nSPS) is 11.7. The first kappa shape index (κ1) is 14.1. The molecule has 98 valence electrons. The number of carboxylic acids is 2. The summed E-state index contributed by atoms with van der Waals surface area (Å²) in [6.45, 7) is 1.32. The van der Waals surface area contributed by atoms with Gasteiger partial charge in [0.15, 0.2) is 17.6 Å². The second kappa shape index (κ2) is 5.59. The Morgan fingerprint density at radius 1 is 1.33 bits per heavy atom. The number of aromatic carboxylic acids is 1. The van der Waals surface area contributed by atoms with E-state index in [0.29, 0.717) is 0 Å². The van der Waals surface area contributed by atoms with Crippen molar-refractivity contribution in [1.82, 2.24) is 0 Å². The lowest BCUT2D eigenvalue weighted by molar-refractivity contribution is -0.144. The zero-order valence-corrected chi connectivity index (χ0v) is 10.4. The smallest absolute Gasteiger partial charge is 0.344 e. The van der Waals surface area contributed by atoms with Crippen molar-refractivity contribution in [2.75, 3.05) is 7.11 Å². The summed E-state index contributed by atoms with van der Waals surface area (Å²) in [7, 11) is 1.30. The van der Waals surface area contributed by atoms with Gasteiger partial charge in [-0.25, -0.2) is 9.59 Å². The summed E-state index contributed by atoms with van der Waals surface area (Å²) in [4.78, 5) is 21.5. The molecule has 1 atom stereocenters. The summed E-state index contributed by atoms with van der Waals surface area (Å²) in [5.74, 6) is -2.28. The van der Waals surface area contributed by atoms with Crippen molar-refractivity contribution in [3.8, 4) is 11.5 Å². The van der Waals surface area contributed by atoms with E-state index in [4.69, 9.17) is 31.3 Å². The van der Waals surface area contributed by atoms with Crippen molar-refractivity contribution < 1.29 is 29.3 Å². The molecule has 0 aliphatic carbocycles. The fourth-order valence-electron chi connectivity index (χ4n) is 1.18. The number of rotatable bonds is 5. The molecule has 0 heterocycles. The van der Waals surface area contributed by atoms with Crippen molar-refractivity contribution in [3.63, 3.8) is 0 Å². The lowest BCUT2D eigenvalue weighted by Crippen LogP contribution is -2.23. The number of benzene rings is 1. The van der Waals surface area contributed by atoms with Crippen LogP contribution in [0, 0.1) is 0 Å². The summed E-state index contributed by atoms with van der Waals surface area (Å²) in [6.07, 6.45) is -1.13. The highest BCUT2D eigenvalue weighted by molar-refractivity contribution is 6.32. The van der Waals surface area contributed by atoms with Gasteiger partial charge < -0.3 is 19.7 Å². The number of ether oxygens (including phenoxy) is 2. The average molecular weight is 275 g/mol. The number of carboxylic acid groups (broad SMARTS) is 2. The zero-order valence-electron chi connectivity index (χ0n) is 9.64. The third kappa shape index (κ3) is 3.04. The molecule has 0 saturated carbocycles. The Labute approximate surface area is 108 Å². The van der Waals surface area contributed by atoms with Gasteiger partial charge in [-0.05, 0) is 19.1 Å². The van der Waals surface area contributed by atoms with Crippen LogP contribution in [0.3, 0.4) is 0 Å². The molecule has 0 aromatic heterocycles. The monoisotopic (exact) mass is 274 g/mol. The molecule has 1 aromatic rings. The predicted octanol–water partition coefficient (Wildman–Crippen LogP) is 1.90. The largest absolute Gasteiger partial charge is 0.493 e. The van der Waals surface area contributed by atoms with Crippen LogP contribution in [0.15, 0.2) is 12.1 Å². The summed E-state index contributed by atoms with van der Waals surface area (Å²) >= 11 is 5.84. The minimum absolute atomic E-state index is 0.000864. The van der Waals surface area contributed by atoms with E-state index in [0.717, 1.165) is 6.07 Å². The summed E-state index contributed by atoms with van der Waals surface area (Å²) in [5.41, 5.74) is -0.0767. The molecule has 0 aliphatic rings. The van der Waals surface area contributed by atoms with Gasteiger partial charge in [0.05, 0.1) is 17.7 Å². The molecular weight excluding hydrogens is 264 g/mol. The molecule has 0 bridgehead atoms. The molecule has 0 fully saturated rings. The fourth-order valence-corrected chi connectivity index (χ4v) is 1.44. The quantitative estimate of drug-likeness (QED) is 0.852. The van der Waals surface area contributed by atoms with Gasteiger partial charge in [0.25, 0.3) is 0 Å². The Morgan fingerprint density at radius 2 is 1.94 bits per heavy atom. The van der Waals surface area contributed by atoms with Gasteiger partial charge >= 0.3 is 11.9 Å². The van der Waals surface area contributed by atoms with E-state index in [1.807, 2.05) is 0 Å². The van der Waals surface area contributed by atoms with Crippen molar-refractivity contribution in [3.05, 3.63) is 22.7 Å². The first-order valence-electron chi connectivity index (χ1n) is 4.87. The predicted molar refractivity (Wildman–Crippen MR) is 62.7 cm³/mol. The highest BCUT2D eigenvalue weighted by Gasteiger charge is 2.20. The molecule has 0 spiro atoms. The number of hydrogen-bond donors (Lipinski definition) is 2. The van der Waals surface area contributed by atoms with E-state index in [1.54, 1.807) is 0 Å². The van der Waals surface area contributed by atoms with E-state index in [1.165, 1.54) is 20.1 Å². The Balaban J connectivity index is 3.19. The molecule has 0 saturated heterocycles. The van der Waals surface area contributed by atoms with E-state index < -0.39 is 18.0 Å². The third-order valence-corrected chi connectivity index (χ3v) is 2.40. The summed E-state index contributed by atoms with van der Waals surface area (Å²) in [5, 5.41) is 17.6. The van der Waals surface area contributed by atoms with Crippen LogP contribution in [-0.2, 0) is 4.79 Å². The van der Waals surface area contributed by atoms with Gasteiger partial charge in [-0.15, -0.1) is 0 Å². The molecular formula is C11H11ClO6. The minimum Gasteiger partial charge on any atom is -0.493 e. The van der Waals surface area contributed by atoms with Crippen molar-refractivity contribution in [2.24, 2.45) is 0 Å². The molecule has 0 aliphatic heterocycles. The standard InChI is InChI=1S/C11H11ClO6/c1-5(10(13)14)18-9-7(12)3-6(11(15)16)4-8(9)17-2/h3-5H,1-2H3,(H,13,14)(H,15,16). The van der Waals surface area contributed by atoms with E-state index in [2.05, 4.69) is 0 Å². The van der Waals surface area contributed by atoms with Crippen molar-refractivity contribution in [2.45, 2.75) is 13.0 Å². The zero-order chi connectivity index (χ0) is 13.9. The van der Waals surface area contributed by atoms with Crippen LogP contribution in [0.1, 0.15) is 17.3 Å². The molecule has 6 nitrogen and oxygen atoms in total. The average Bonchev–Trinajstić information content (AvgIpc) is 2.30. The van der Waals surface area contributed by atoms with E-state index in [9.17, 15) is 9.59 Å². The van der Waals surface area contributed by atoms with E-state index >= 15 is 0 Å². The van der Waals surface area contributed by atoms with Crippen LogP contribution < -0.4 is 9.47 Å². The fraction of sp³-hybridized carbons (Fsp3) is 0.273. The number of hydrogen-bond acceptors (Lipinski definition) is 4. The molecule has 1 aromatic carbocycles. The molecule has 1 unspecified atom stereocenters. The van der Waals surface area contributed by atoms with Gasteiger partial charge in [-0.3, -0.25) is 0 Å². The maximum atomic E-state index is 10.8. The first-order valence-corrected chi connectivity index (χ1v) is 5.25. The molecule has 18 heavy (non-hydrogen) atoms. The molecule has 1 rings (SSSR count). The van der Waals surface area contributed by atoms with Crippen LogP contribution in [0.25, 0.3) is 0 Å². The first-order chi connectivity index (χ1) is 8.36. The number of methoxy groups -OCH3 is 1. The third-order valence-electron chi connectivity index (χ3n) is 2.12. The van der Waals surface area contributed by atoms with Crippen LogP contribution in [-0.4, -0.2) is 35.4 Å². The van der Waals surface area contributed by atoms with Gasteiger partial charge in [0, 0.05) is 0 Å². The number of halogens is 1. The summed E-state index contributed by atoms with van der Waals surface area (Å²) in [6, 6.07) is 2.37. The van der Waals surface area contributed by atoms with Crippen LogP contribution in [0.5, 0.6) is 11.5 Å². The molecule has 2 N–H and O–H groups in total. The van der Waals surface area contributed by atoms with E-state index in [-0.39, 0.29) is 22.1 Å². The lowest BCUT2D eigenvalue weighted by Gasteiger charge is -2.15. The highest BCUT2D eigenvalue weighted by Crippen LogP contribution is 2.37. The molecule has 0 radical (unpaired) electrons. The van der Waals surface area contributed by atoms with Crippen molar-refractivity contribution in [1.29, 1.82) is 0 Å². The Morgan fingerprint density at radius 3 is 2.39 bits per heavy atom. The second-order valence-corrected chi connectivity index (χ2v) is 3.80. The minimum atomic E-state index is -1.17. The topological polar surface area (TPSA) is 93.1 Å².